The molecule has 0 aliphatic carbocycles. The summed E-state index contributed by atoms with van der Waals surface area (Å²) in [5.74, 6) is 0.866. The number of rotatable bonds is 7. The zero-order valence-corrected chi connectivity index (χ0v) is 16.9. The van der Waals surface area contributed by atoms with E-state index in [-0.39, 0.29) is 0 Å². The van der Waals surface area contributed by atoms with Gasteiger partial charge in [-0.05, 0) is 54.7 Å². The lowest BCUT2D eigenvalue weighted by molar-refractivity contribution is -0.918. The van der Waals surface area contributed by atoms with Crippen molar-refractivity contribution in [2.24, 2.45) is 0 Å². The number of thiocarbonyl (C=S) groups is 1. The number of benzene rings is 2. The van der Waals surface area contributed by atoms with Crippen molar-refractivity contribution >= 4 is 17.3 Å². The van der Waals surface area contributed by atoms with Gasteiger partial charge in [0.1, 0.15) is 12.3 Å². The molecule has 0 unspecified atom stereocenters. The van der Waals surface area contributed by atoms with Crippen molar-refractivity contribution in [2.75, 3.05) is 20.2 Å². The topological polar surface area (TPSA) is 37.7 Å². The van der Waals surface area contributed by atoms with Crippen molar-refractivity contribution in [2.45, 2.75) is 38.9 Å². The van der Waals surface area contributed by atoms with Crippen molar-refractivity contribution in [1.82, 2.24) is 10.6 Å². The Morgan fingerprint density at radius 3 is 1.93 bits per heavy atom. The summed E-state index contributed by atoms with van der Waals surface area (Å²) in [4.78, 5) is 1.72. The standard InChI is InChI=1S/C22H29N3OS/c1-26-21-11-9-19(10-12-21)16-24-22(27)23-15-18-5-7-20(8-6-18)17-25-13-3-2-4-14-25/h5-12H,2-4,13-17H2,1H3,(H2,23,24,27)/p+1. The summed E-state index contributed by atoms with van der Waals surface area (Å²) in [7, 11) is 1.67. The normalized spacial score (nSPS) is 14.6. The summed E-state index contributed by atoms with van der Waals surface area (Å²) in [6, 6.07) is 16.9. The van der Waals surface area contributed by atoms with Gasteiger partial charge in [-0.3, -0.25) is 0 Å². The molecule has 144 valence electrons. The third-order valence-corrected chi connectivity index (χ3v) is 5.39. The maximum Gasteiger partial charge on any atom is 0.166 e. The third kappa shape index (κ3) is 6.52. The zero-order chi connectivity index (χ0) is 18.9. The average Bonchev–Trinajstić information content (AvgIpc) is 2.73. The van der Waals surface area contributed by atoms with Crippen molar-refractivity contribution in [3.8, 4) is 5.75 Å². The number of methoxy groups -OCH3 is 1. The quantitative estimate of drug-likeness (QED) is 0.641. The minimum atomic E-state index is 0.674. The van der Waals surface area contributed by atoms with E-state index in [0.717, 1.165) is 18.8 Å². The van der Waals surface area contributed by atoms with Crippen molar-refractivity contribution in [1.29, 1.82) is 0 Å². The molecular weight excluding hydrogens is 354 g/mol. The first-order chi connectivity index (χ1) is 13.2. The van der Waals surface area contributed by atoms with Crippen LogP contribution in [0.4, 0.5) is 0 Å². The number of quaternary nitrogens is 1. The van der Waals surface area contributed by atoms with E-state index in [9.17, 15) is 0 Å². The van der Waals surface area contributed by atoms with E-state index in [1.807, 2.05) is 24.3 Å². The SMILES string of the molecule is COc1ccc(CNC(=S)NCc2ccc(C[NH+]3CCCCC3)cc2)cc1. The molecule has 1 aliphatic heterocycles. The molecule has 0 saturated carbocycles. The Morgan fingerprint density at radius 2 is 1.37 bits per heavy atom. The van der Waals surface area contributed by atoms with Gasteiger partial charge in [0, 0.05) is 18.7 Å². The molecule has 4 nitrogen and oxygen atoms in total. The Kier molecular flexibility index (Phi) is 7.48. The van der Waals surface area contributed by atoms with Gasteiger partial charge < -0.3 is 20.3 Å². The van der Waals surface area contributed by atoms with E-state index in [1.54, 1.807) is 12.0 Å². The Balaban J connectivity index is 1.38. The molecule has 0 atom stereocenters. The molecular formula is C22H30N3OS+. The minimum Gasteiger partial charge on any atom is -0.497 e. The van der Waals surface area contributed by atoms with Crippen molar-refractivity contribution in [3.63, 3.8) is 0 Å². The predicted octanol–water partition coefficient (Wildman–Crippen LogP) is 2.43. The molecule has 1 heterocycles. The van der Waals surface area contributed by atoms with E-state index in [0.29, 0.717) is 11.7 Å². The van der Waals surface area contributed by atoms with Gasteiger partial charge in [-0.2, -0.15) is 0 Å². The smallest absolute Gasteiger partial charge is 0.166 e. The molecule has 27 heavy (non-hydrogen) atoms. The number of hydrogen-bond acceptors (Lipinski definition) is 2. The number of likely N-dealkylation sites (tertiary alicyclic amines) is 1. The first-order valence-electron chi connectivity index (χ1n) is 9.79. The van der Waals surface area contributed by atoms with Gasteiger partial charge in [0.05, 0.1) is 20.2 Å². The Morgan fingerprint density at radius 1 is 0.852 bits per heavy atom. The van der Waals surface area contributed by atoms with Crippen LogP contribution in [0.3, 0.4) is 0 Å². The fourth-order valence-corrected chi connectivity index (χ4v) is 3.61. The van der Waals surface area contributed by atoms with Crippen LogP contribution in [-0.2, 0) is 19.6 Å². The molecule has 1 aliphatic rings. The van der Waals surface area contributed by atoms with Gasteiger partial charge in [-0.1, -0.05) is 36.4 Å². The Bertz CT molecular complexity index is 709. The molecule has 3 N–H and O–H groups in total. The van der Waals surface area contributed by atoms with E-state index in [1.165, 1.54) is 49.0 Å². The first-order valence-corrected chi connectivity index (χ1v) is 10.2. The second-order valence-electron chi connectivity index (χ2n) is 7.19. The monoisotopic (exact) mass is 384 g/mol. The molecule has 0 amide bonds. The molecule has 0 radical (unpaired) electrons. The second-order valence-corrected chi connectivity index (χ2v) is 7.60. The van der Waals surface area contributed by atoms with Crippen LogP contribution in [0.5, 0.6) is 5.75 Å². The Labute approximate surface area is 167 Å². The fraction of sp³-hybridized carbons (Fsp3) is 0.409. The lowest BCUT2D eigenvalue weighted by Crippen LogP contribution is -3.11. The van der Waals surface area contributed by atoms with Gasteiger partial charge in [-0.15, -0.1) is 0 Å². The van der Waals surface area contributed by atoms with Gasteiger partial charge >= 0.3 is 0 Å². The van der Waals surface area contributed by atoms with Gasteiger partial charge in [0.15, 0.2) is 5.11 Å². The van der Waals surface area contributed by atoms with Crippen LogP contribution in [-0.4, -0.2) is 25.3 Å². The maximum absolute atomic E-state index is 5.38. The van der Waals surface area contributed by atoms with Crippen LogP contribution in [0.15, 0.2) is 48.5 Å². The molecule has 3 rings (SSSR count). The van der Waals surface area contributed by atoms with E-state index >= 15 is 0 Å². The molecule has 1 fully saturated rings. The molecule has 0 spiro atoms. The van der Waals surface area contributed by atoms with E-state index < -0.39 is 0 Å². The highest BCUT2D eigenvalue weighted by molar-refractivity contribution is 7.80. The maximum atomic E-state index is 5.38. The molecule has 0 bridgehead atoms. The second kappa shape index (κ2) is 10.3. The van der Waals surface area contributed by atoms with Crippen LogP contribution < -0.4 is 20.3 Å². The molecule has 2 aromatic rings. The Hall–Kier alpha value is -2.11. The molecule has 2 aromatic carbocycles. The summed E-state index contributed by atoms with van der Waals surface area (Å²) in [6.07, 6.45) is 4.15. The van der Waals surface area contributed by atoms with E-state index in [4.69, 9.17) is 17.0 Å². The highest BCUT2D eigenvalue weighted by Gasteiger charge is 2.13. The average molecular weight is 385 g/mol. The molecule has 0 aromatic heterocycles. The predicted molar refractivity (Wildman–Crippen MR) is 114 cm³/mol. The number of piperidine rings is 1. The third-order valence-electron chi connectivity index (χ3n) is 5.10. The minimum absolute atomic E-state index is 0.674. The highest BCUT2D eigenvalue weighted by Crippen LogP contribution is 2.11. The van der Waals surface area contributed by atoms with Crippen LogP contribution >= 0.6 is 12.2 Å². The van der Waals surface area contributed by atoms with Crippen LogP contribution in [0.25, 0.3) is 0 Å². The van der Waals surface area contributed by atoms with Crippen LogP contribution in [0.2, 0.25) is 0 Å². The summed E-state index contributed by atoms with van der Waals surface area (Å²) in [6.45, 7) is 5.23. The van der Waals surface area contributed by atoms with Crippen LogP contribution in [0.1, 0.15) is 36.0 Å². The lowest BCUT2D eigenvalue weighted by atomic mass is 10.1. The van der Waals surface area contributed by atoms with Gasteiger partial charge in [0.2, 0.25) is 0 Å². The summed E-state index contributed by atoms with van der Waals surface area (Å²) >= 11 is 5.38. The summed E-state index contributed by atoms with van der Waals surface area (Å²) in [5, 5.41) is 7.21. The summed E-state index contributed by atoms with van der Waals surface area (Å²) < 4.78 is 5.17. The zero-order valence-electron chi connectivity index (χ0n) is 16.1. The lowest BCUT2D eigenvalue weighted by Gasteiger charge is -2.23. The van der Waals surface area contributed by atoms with Gasteiger partial charge in [-0.25, -0.2) is 0 Å². The molecule has 1 saturated heterocycles. The van der Waals surface area contributed by atoms with E-state index in [2.05, 4.69) is 34.9 Å². The highest BCUT2D eigenvalue weighted by atomic mass is 32.1. The number of hydrogen-bond donors (Lipinski definition) is 3. The van der Waals surface area contributed by atoms with Gasteiger partial charge in [0.25, 0.3) is 0 Å². The summed E-state index contributed by atoms with van der Waals surface area (Å²) in [5.41, 5.74) is 3.85. The van der Waals surface area contributed by atoms with Crippen molar-refractivity contribution in [3.05, 3.63) is 65.2 Å². The molecule has 5 heteroatoms. The first kappa shape index (κ1) is 19.6. The van der Waals surface area contributed by atoms with Crippen LogP contribution in [0, 0.1) is 0 Å². The number of ether oxygens (including phenoxy) is 1. The largest absolute Gasteiger partial charge is 0.497 e. The number of nitrogens with one attached hydrogen (secondary N) is 3. The fourth-order valence-electron chi connectivity index (χ4n) is 3.46. The van der Waals surface area contributed by atoms with Crippen molar-refractivity contribution < 1.29 is 9.64 Å².